The molecule has 1 aliphatic heterocycles. The van der Waals surface area contributed by atoms with E-state index in [4.69, 9.17) is 9.47 Å². The number of hydrogen-bond acceptors (Lipinski definition) is 6. The molecule has 134 valence electrons. The molecule has 1 unspecified atom stereocenters. The Kier molecular flexibility index (Phi) is 6.53. The number of rotatable bonds is 7. The first-order valence-electron chi connectivity index (χ1n) is 8.30. The second kappa shape index (κ2) is 8.41. The number of aryl methyl sites for hydroxylation is 1. The van der Waals surface area contributed by atoms with Crippen LogP contribution < -0.4 is 5.32 Å². The molecule has 2 heterocycles. The minimum atomic E-state index is -0.456. The van der Waals surface area contributed by atoms with E-state index in [1.807, 2.05) is 6.92 Å². The van der Waals surface area contributed by atoms with Gasteiger partial charge in [0.2, 0.25) is 0 Å². The lowest BCUT2D eigenvalue weighted by Gasteiger charge is -2.27. The Labute approximate surface area is 142 Å². The largest absolute Gasteiger partial charge is 0.464 e. The van der Waals surface area contributed by atoms with Crippen LogP contribution >= 0.6 is 0 Å². The maximum absolute atomic E-state index is 12.7. The Bertz CT molecular complexity index is 591. The van der Waals surface area contributed by atoms with Crippen LogP contribution in [0.5, 0.6) is 0 Å². The highest BCUT2D eigenvalue weighted by atomic mass is 16.5. The minimum absolute atomic E-state index is 0.0154. The van der Waals surface area contributed by atoms with Crippen LogP contribution in [0.15, 0.2) is 0 Å². The average Bonchev–Trinajstić information content (AvgIpc) is 2.89. The molecule has 0 bridgehead atoms. The Hall–Kier alpha value is -1.70. The van der Waals surface area contributed by atoms with Gasteiger partial charge in [-0.25, -0.2) is 4.79 Å². The van der Waals surface area contributed by atoms with Crippen LogP contribution in [-0.2, 0) is 9.47 Å². The highest BCUT2D eigenvalue weighted by Gasteiger charge is 2.25. The topological polar surface area (TPSA) is 83.7 Å². The van der Waals surface area contributed by atoms with Gasteiger partial charge in [0.1, 0.15) is 5.69 Å². The molecule has 1 aromatic heterocycles. The van der Waals surface area contributed by atoms with Crippen molar-refractivity contribution in [1.82, 2.24) is 15.2 Å². The number of Topliss-reactive ketones (excluding diaryl/α,β-unsaturated/α-hetero) is 1. The van der Waals surface area contributed by atoms with E-state index in [-0.39, 0.29) is 11.8 Å². The lowest BCUT2D eigenvalue weighted by molar-refractivity contribution is 0.0381. The predicted octanol–water partition coefficient (Wildman–Crippen LogP) is 0.911. The van der Waals surface area contributed by atoms with Crippen molar-refractivity contribution in [3.8, 4) is 0 Å². The fourth-order valence-corrected chi connectivity index (χ4v) is 3.00. The molecule has 1 saturated heterocycles. The van der Waals surface area contributed by atoms with Crippen molar-refractivity contribution in [1.29, 1.82) is 0 Å². The number of aromatic nitrogens is 1. The summed E-state index contributed by atoms with van der Waals surface area (Å²) >= 11 is 0. The van der Waals surface area contributed by atoms with E-state index in [2.05, 4.69) is 15.2 Å². The van der Waals surface area contributed by atoms with E-state index in [1.54, 1.807) is 13.8 Å². The Morgan fingerprint density at radius 3 is 2.62 bits per heavy atom. The van der Waals surface area contributed by atoms with E-state index < -0.39 is 5.97 Å². The number of H-pyrrole nitrogens is 1. The number of nitrogens with one attached hydrogen (secondary N) is 2. The summed E-state index contributed by atoms with van der Waals surface area (Å²) in [5.74, 6) is -0.471. The van der Waals surface area contributed by atoms with Gasteiger partial charge in [-0.2, -0.15) is 0 Å². The number of esters is 1. The molecule has 2 N–H and O–H groups in total. The summed E-state index contributed by atoms with van der Waals surface area (Å²) in [6.45, 7) is 10.4. The van der Waals surface area contributed by atoms with Crippen molar-refractivity contribution in [3.63, 3.8) is 0 Å². The summed E-state index contributed by atoms with van der Waals surface area (Å²) in [4.78, 5) is 29.7. The third kappa shape index (κ3) is 4.23. The number of ether oxygens (including phenoxy) is 2. The lowest BCUT2D eigenvalue weighted by Crippen LogP contribution is -2.43. The third-order valence-corrected chi connectivity index (χ3v) is 4.45. The number of methoxy groups -OCH3 is 1. The fourth-order valence-electron chi connectivity index (χ4n) is 3.00. The van der Waals surface area contributed by atoms with Gasteiger partial charge >= 0.3 is 5.97 Å². The molecule has 7 heteroatoms. The number of aromatic amines is 1. The lowest BCUT2D eigenvalue weighted by atomic mass is 10.0. The second-order valence-electron chi connectivity index (χ2n) is 6.11. The molecule has 0 radical (unpaired) electrons. The molecule has 2 rings (SSSR count). The van der Waals surface area contributed by atoms with Crippen LogP contribution in [0.3, 0.4) is 0 Å². The van der Waals surface area contributed by atoms with Crippen molar-refractivity contribution in [2.45, 2.75) is 26.8 Å². The summed E-state index contributed by atoms with van der Waals surface area (Å²) in [6.07, 6.45) is 0. The van der Waals surface area contributed by atoms with Gasteiger partial charge in [-0.15, -0.1) is 0 Å². The SMILES string of the molecule is COC(=O)c1[nH]c(C)c(C(=O)C(C)NCCN2CCOCC2)c1C. The van der Waals surface area contributed by atoms with Crippen LogP contribution in [-0.4, -0.2) is 74.2 Å². The first kappa shape index (κ1) is 18.6. The summed E-state index contributed by atoms with van der Waals surface area (Å²) in [7, 11) is 1.33. The summed E-state index contributed by atoms with van der Waals surface area (Å²) < 4.78 is 10.1. The number of carbonyl (C=O) groups excluding carboxylic acids is 2. The van der Waals surface area contributed by atoms with Crippen LogP contribution in [0.1, 0.15) is 39.0 Å². The predicted molar refractivity (Wildman–Crippen MR) is 90.7 cm³/mol. The zero-order valence-electron chi connectivity index (χ0n) is 14.9. The summed E-state index contributed by atoms with van der Waals surface area (Å²) in [5, 5.41) is 3.27. The maximum atomic E-state index is 12.7. The van der Waals surface area contributed by atoms with Gasteiger partial charge in [-0.1, -0.05) is 0 Å². The molecule has 1 fully saturated rings. The molecule has 7 nitrogen and oxygen atoms in total. The zero-order valence-corrected chi connectivity index (χ0v) is 14.9. The standard InChI is InChI=1S/C17H27N3O4/c1-11-14(12(2)19-15(11)17(22)23-4)16(21)13(3)18-5-6-20-7-9-24-10-8-20/h13,18-19H,5-10H2,1-4H3. The molecule has 0 amide bonds. The van der Waals surface area contributed by atoms with Gasteiger partial charge in [0.05, 0.1) is 26.4 Å². The molecular weight excluding hydrogens is 310 g/mol. The van der Waals surface area contributed by atoms with E-state index in [9.17, 15) is 9.59 Å². The smallest absolute Gasteiger partial charge is 0.354 e. The van der Waals surface area contributed by atoms with Gasteiger partial charge in [0.15, 0.2) is 5.78 Å². The quantitative estimate of drug-likeness (QED) is 0.568. The molecule has 1 aliphatic rings. The fraction of sp³-hybridized carbons (Fsp3) is 0.647. The van der Waals surface area contributed by atoms with Gasteiger partial charge < -0.3 is 19.8 Å². The monoisotopic (exact) mass is 337 g/mol. The summed E-state index contributed by atoms with van der Waals surface area (Å²) in [6, 6.07) is -0.315. The van der Waals surface area contributed by atoms with Crippen molar-refractivity contribution in [2.24, 2.45) is 0 Å². The van der Waals surface area contributed by atoms with Gasteiger partial charge in [-0.05, 0) is 26.3 Å². The maximum Gasteiger partial charge on any atom is 0.354 e. The molecule has 0 aliphatic carbocycles. The Morgan fingerprint density at radius 1 is 1.33 bits per heavy atom. The molecule has 0 aromatic carbocycles. The Balaban J connectivity index is 1.95. The number of nitrogens with zero attached hydrogens (tertiary/aromatic N) is 1. The molecule has 1 aromatic rings. The molecule has 0 saturated carbocycles. The van der Waals surface area contributed by atoms with Crippen LogP contribution in [0.4, 0.5) is 0 Å². The summed E-state index contributed by atoms with van der Waals surface area (Å²) in [5.41, 5.74) is 2.26. The molecule has 0 spiro atoms. The number of hydrogen-bond donors (Lipinski definition) is 2. The normalized spacial score (nSPS) is 16.8. The zero-order chi connectivity index (χ0) is 17.7. The highest BCUT2D eigenvalue weighted by Crippen LogP contribution is 2.20. The van der Waals surface area contributed by atoms with E-state index in [0.717, 1.165) is 39.4 Å². The molecule has 24 heavy (non-hydrogen) atoms. The van der Waals surface area contributed by atoms with Crippen molar-refractivity contribution < 1.29 is 19.1 Å². The van der Waals surface area contributed by atoms with Crippen LogP contribution in [0.2, 0.25) is 0 Å². The number of morpholine rings is 1. The van der Waals surface area contributed by atoms with Crippen LogP contribution in [0.25, 0.3) is 0 Å². The molecular formula is C17H27N3O4. The second-order valence-corrected chi connectivity index (χ2v) is 6.11. The minimum Gasteiger partial charge on any atom is -0.464 e. The van der Waals surface area contributed by atoms with Crippen molar-refractivity contribution >= 4 is 11.8 Å². The van der Waals surface area contributed by atoms with Crippen molar-refractivity contribution in [2.75, 3.05) is 46.5 Å². The van der Waals surface area contributed by atoms with Crippen molar-refractivity contribution in [3.05, 3.63) is 22.5 Å². The molecule has 1 atom stereocenters. The first-order chi connectivity index (χ1) is 11.5. The average molecular weight is 337 g/mol. The Morgan fingerprint density at radius 2 is 2.00 bits per heavy atom. The first-order valence-corrected chi connectivity index (χ1v) is 8.30. The van der Waals surface area contributed by atoms with Gasteiger partial charge in [0, 0.05) is 37.4 Å². The van der Waals surface area contributed by atoms with E-state index in [1.165, 1.54) is 7.11 Å². The third-order valence-electron chi connectivity index (χ3n) is 4.45. The number of carbonyl (C=O) groups is 2. The van der Waals surface area contributed by atoms with E-state index >= 15 is 0 Å². The van der Waals surface area contributed by atoms with Crippen LogP contribution in [0, 0.1) is 13.8 Å². The number of ketones is 1. The highest BCUT2D eigenvalue weighted by molar-refractivity contribution is 6.05. The van der Waals surface area contributed by atoms with Gasteiger partial charge in [0.25, 0.3) is 0 Å². The van der Waals surface area contributed by atoms with E-state index in [0.29, 0.717) is 22.5 Å². The van der Waals surface area contributed by atoms with Gasteiger partial charge in [-0.3, -0.25) is 9.69 Å².